The number of aryl methyl sites for hydroxylation is 2. The molecule has 2 N–H and O–H groups in total. The van der Waals surface area contributed by atoms with Crippen LogP contribution in [0.5, 0.6) is 5.75 Å². The summed E-state index contributed by atoms with van der Waals surface area (Å²) in [5, 5.41) is 3.11. The van der Waals surface area contributed by atoms with Crippen LogP contribution < -0.4 is 14.8 Å². The van der Waals surface area contributed by atoms with Gasteiger partial charge in [-0.15, -0.1) is 0 Å². The van der Waals surface area contributed by atoms with Crippen molar-refractivity contribution in [3.05, 3.63) is 82.9 Å². The normalized spacial score (nSPS) is 11.0. The van der Waals surface area contributed by atoms with Crippen LogP contribution in [0.25, 0.3) is 0 Å². The molecule has 3 aromatic carbocycles. The van der Waals surface area contributed by atoms with Crippen LogP contribution in [0.3, 0.4) is 0 Å². The van der Waals surface area contributed by atoms with Gasteiger partial charge in [0.05, 0.1) is 10.6 Å². The molecule has 6 nitrogen and oxygen atoms in total. The van der Waals surface area contributed by atoms with E-state index in [0.717, 1.165) is 11.1 Å². The van der Waals surface area contributed by atoms with Gasteiger partial charge in [-0.1, -0.05) is 35.4 Å². The van der Waals surface area contributed by atoms with Crippen LogP contribution in [0.4, 0.5) is 11.4 Å². The summed E-state index contributed by atoms with van der Waals surface area (Å²) in [6, 6.07) is 18.2. The third-order valence-corrected chi connectivity index (χ3v) is 5.90. The molecule has 0 aromatic heterocycles. The van der Waals surface area contributed by atoms with Crippen molar-refractivity contribution in [1.29, 1.82) is 0 Å². The maximum absolute atomic E-state index is 12.6. The summed E-state index contributed by atoms with van der Waals surface area (Å²) in [7, 11) is -3.79. The number of halogens is 1. The van der Waals surface area contributed by atoms with Crippen molar-refractivity contribution in [3.63, 3.8) is 0 Å². The summed E-state index contributed by atoms with van der Waals surface area (Å²) in [6.07, 6.45) is 0. The van der Waals surface area contributed by atoms with Crippen molar-refractivity contribution in [2.75, 3.05) is 16.6 Å². The Hall–Kier alpha value is -3.03. The molecule has 0 aliphatic rings. The van der Waals surface area contributed by atoms with E-state index in [9.17, 15) is 13.2 Å². The molecule has 3 rings (SSSR count). The molecule has 0 unspecified atom stereocenters. The Morgan fingerprint density at radius 1 is 0.967 bits per heavy atom. The van der Waals surface area contributed by atoms with E-state index in [1.54, 1.807) is 37.3 Å². The van der Waals surface area contributed by atoms with Gasteiger partial charge in [-0.2, -0.15) is 0 Å². The molecule has 156 valence electrons. The predicted molar refractivity (Wildman–Crippen MR) is 119 cm³/mol. The molecule has 0 aliphatic carbocycles. The first kappa shape index (κ1) is 21.7. The number of sulfonamides is 1. The number of hydrogen-bond donors (Lipinski definition) is 2. The fourth-order valence-electron chi connectivity index (χ4n) is 2.61. The van der Waals surface area contributed by atoms with Gasteiger partial charge in [0.25, 0.3) is 15.9 Å². The average Bonchev–Trinajstić information content (AvgIpc) is 2.70. The third-order valence-electron chi connectivity index (χ3n) is 4.28. The maximum atomic E-state index is 12.6. The Balaban J connectivity index is 1.61. The van der Waals surface area contributed by atoms with Crippen molar-refractivity contribution < 1.29 is 17.9 Å². The number of anilines is 2. The summed E-state index contributed by atoms with van der Waals surface area (Å²) >= 11 is 5.95. The zero-order valence-corrected chi connectivity index (χ0v) is 18.0. The van der Waals surface area contributed by atoms with Gasteiger partial charge < -0.3 is 10.1 Å². The van der Waals surface area contributed by atoms with E-state index in [2.05, 4.69) is 10.0 Å². The Bertz CT molecular complexity index is 1140. The summed E-state index contributed by atoms with van der Waals surface area (Å²) in [5.74, 6) is 0.249. The fourth-order valence-corrected chi connectivity index (χ4v) is 3.90. The highest BCUT2D eigenvalue weighted by molar-refractivity contribution is 7.92. The number of ether oxygens (including phenoxy) is 1. The van der Waals surface area contributed by atoms with Gasteiger partial charge >= 0.3 is 0 Å². The molecule has 0 bridgehead atoms. The summed E-state index contributed by atoms with van der Waals surface area (Å²) < 4.78 is 33.2. The average molecular weight is 445 g/mol. The Labute approximate surface area is 180 Å². The molecule has 0 radical (unpaired) electrons. The molecule has 30 heavy (non-hydrogen) atoms. The lowest BCUT2D eigenvalue weighted by molar-refractivity contribution is -0.118. The van der Waals surface area contributed by atoms with Crippen molar-refractivity contribution in [1.82, 2.24) is 0 Å². The zero-order valence-electron chi connectivity index (χ0n) is 16.5. The maximum Gasteiger partial charge on any atom is 0.262 e. The highest BCUT2D eigenvalue weighted by atomic mass is 35.5. The summed E-state index contributed by atoms with van der Waals surface area (Å²) in [6.45, 7) is 3.59. The highest BCUT2D eigenvalue weighted by Gasteiger charge is 2.16. The van der Waals surface area contributed by atoms with Gasteiger partial charge in [-0.25, -0.2) is 8.42 Å². The van der Waals surface area contributed by atoms with Gasteiger partial charge in [0.15, 0.2) is 6.61 Å². The van der Waals surface area contributed by atoms with E-state index < -0.39 is 10.0 Å². The first-order valence-electron chi connectivity index (χ1n) is 9.11. The predicted octanol–water partition coefficient (Wildman–Crippen LogP) is 4.78. The fraction of sp³-hybridized carbons (Fsp3) is 0.136. The molecule has 0 spiro atoms. The van der Waals surface area contributed by atoms with Crippen LogP contribution in [0.15, 0.2) is 71.6 Å². The smallest absolute Gasteiger partial charge is 0.262 e. The number of hydrogen-bond acceptors (Lipinski definition) is 4. The number of amides is 1. The highest BCUT2D eigenvalue weighted by Crippen LogP contribution is 2.24. The first-order valence-corrected chi connectivity index (χ1v) is 11.0. The second-order valence-corrected chi connectivity index (χ2v) is 8.86. The van der Waals surface area contributed by atoms with Gasteiger partial charge in [-0.3, -0.25) is 9.52 Å². The Morgan fingerprint density at radius 2 is 1.63 bits per heavy atom. The second-order valence-electron chi connectivity index (χ2n) is 6.74. The standard InChI is InChI=1S/C22H21ClN2O4S/c1-15-3-9-19(10-4-15)29-14-22(26)24-18-7-11-20(12-8-18)30(27,28)25-21-13-17(23)6-5-16(21)2/h3-13,25H,14H2,1-2H3,(H,24,26). The SMILES string of the molecule is Cc1ccc(OCC(=O)Nc2ccc(S(=O)(=O)Nc3cc(Cl)ccc3C)cc2)cc1. The topological polar surface area (TPSA) is 84.5 Å². The third kappa shape index (κ3) is 5.75. The van der Waals surface area contributed by atoms with Crippen LogP contribution in [0.2, 0.25) is 5.02 Å². The molecule has 0 saturated carbocycles. The number of carbonyl (C=O) groups excluding carboxylic acids is 1. The van der Waals surface area contributed by atoms with E-state index in [1.807, 2.05) is 19.1 Å². The van der Waals surface area contributed by atoms with Crippen molar-refractivity contribution in [3.8, 4) is 5.75 Å². The van der Waals surface area contributed by atoms with Gasteiger partial charge in [0.1, 0.15) is 5.75 Å². The molecule has 0 saturated heterocycles. The number of nitrogens with one attached hydrogen (secondary N) is 2. The lowest BCUT2D eigenvalue weighted by atomic mass is 10.2. The molecule has 8 heteroatoms. The van der Waals surface area contributed by atoms with E-state index in [0.29, 0.717) is 22.1 Å². The number of carbonyl (C=O) groups is 1. The van der Waals surface area contributed by atoms with Crippen LogP contribution in [-0.2, 0) is 14.8 Å². The first-order chi connectivity index (χ1) is 14.2. The second kappa shape index (κ2) is 9.19. The lowest BCUT2D eigenvalue weighted by Gasteiger charge is -2.12. The van der Waals surface area contributed by atoms with Crippen LogP contribution >= 0.6 is 11.6 Å². The van der Waals surface area contributed by atoms with E-state index in [4.69, 9.17) is 16.3 Å². The summed E-state index contributed by atoms with van der Waals surface area (Å²) in [5.41, 5.74) is 2.72. The molecule has 0 atom stereocenters. The van der Waals surface area contributed by atoms with E-state index >= 15 is 0 Å². The van der Waals surface area contributed by atoms with Crippen LogP contribution in [-0.4, -0.2) is 20.9 Å². The molecule has 1 amide bonds. The van der Waals surface area contributed by atoms with Crippen molar-refractivity contribution in [2.24, 2.45) is 0 Å². The van der Waals surface area contributed by atoms with Gasteiger partial charge in [0, 0.05) is 10.7 Å². The quantitative estimate of drug-likeness (QED) is 0.549. The van der Waals surface area contributed by atoms with Crippen LogP contribution in [0, 0.1) is 13.8 Å². The molecule has 0 fully saturated rings. The van der Waals surface area contributed by atoms with Crippen molar-refractivity contribution in [2.45, 2.75) is 18.7 Å². The monoisotopic (exact) mass is 444 g/mol. The molecule has 3 aromatic rings. The van der Waals surface area contributed by atoms with Gasteiger partial charge in [0.2, 0.25) is 0 Å². The zero-order chi connectivity index (χ0) is 21.7. The largest absolute Gasteiger partial charge is 0.484 e. The molecule has 0 aliphatic heterocycles. The van der Waals surface area contributed by atoms with E-state index in [1.165, 1.54) is 24.3 Å². The van der Waals surface area contributed by atoms with Crippen molar-refractivity contribution >= 4 is 38.9 Å². The number of rotatable bonds is 7. The lowest BCUT2D eigenvalue weighted by Crippen LogP contribution is -2.20. The molecular formula is C22H21ClN2O4S. The van der Waals surface area contributed by atoms with E-state index in [-0.39, 0.29) is 17.4 Å². The summed E-state index contributed by atoms with van der Waals surface area (Å²) in [4.78, 5) is 12.1. The van der Waals surface area contributed by atoms with Gasteiger partial charge in [-0.05, 0) is 67.9 Å². The molecular weight excluding hydrogens is 424 g/mol. The van der Waals surface area contributed by atoms with Crippen LogP contribution in [0.1, 0.15) is 11.1 Å². The Kier molecular flexibility index (Phi) is 6.64. The minimum atomic E-state index is -3.79. The minimum absolute atomic E-state index is 0.0655. The minimum Gasteiger partial charge on any atom is -0.484 e. The Morgan fingerprint density at radius 3 is 2.30 bits per heavy atom. The molecule has 0 heterocycles. The number of benzene rings is 3.